The van der Waals surface area contributed by atoms with E-state index in [-0.39, 0.29) is 4.21 Å². The summed E-state index contributed by atoms with van der Waals surface area (Å²) in [5.74, 6) is -1.22. The van der Waals surface area contributed by atoms with Crippen LogP contribution in [0.4, 0.5) is 0 Å². The second kappa shape index (κ2) is 5.19. The van der Waals surface area contributed by atoms with Crippen molar-refractivity contribution in [1.82, 2.24) is 4.72 Å². The number of rotatable bonds is 5. The van der Waals surface area contributed by atoms with Crippen molar-refractivity contribution in [2.24, 2.45) is 0 Å². The first-order valence-electron chi connectivity index (χ1n) is 4.83. The lowest BCUT2D eigenvalue weighted by Gasteiger charge is -2.12. The molecule has 18 heavy (non-hydrogen) atoms. The van der Waals surface area contributed by atoms with Gasteiger partial charge in [-0.2, -0.15) is 4.72 Å². The van der Waals surface area contributed by atoms with E-state index in [0.717, 1.165) is 11.3 Å². The van der Waals surface area contributed by atoms with Crippen molar-refractivity contribution in [3.8, 4) is 0 Å². The van der Waals surface area contributed by atoms with Crippen LogP contribution in [0.2, 0.25) is 0 Å². The maximum absolute atomic E-state index is 11.9. The number of hydrogen-bond acceptors (Lipinski definition) is 5. The molecule has 0 aliphatic heterocycles. The summed E-state index contributed by atoms with van der Waals surface area (Å²) < 4.78 is 26.2. The highest BCUT2D eigenvalue weighted by molar-refractivity contribution is 7.91. The summed E-state index contributed by atoms with van der Waals surface area (Å²) in [5, 5.41) is 12.4. The van der Waals surface area contributed by atoms with Crippen LogP contribution in [0.1, 0.15) is 10.9 Å². The molecule has 0 fully saturated rings. The third-order valence-corrected chi connectivity index (χ3v) is 5.87. The van der Waals surface area contributed by atoms with Crippen LogP contribution < -0.4 is 4.72 Å². The molecule has 5 nitrogen and oxygen atoms in total. The van der Waals surface area contributed by atoms with Crippen LogP contribution in [-0.2, 0) is 14.8 Å². The van der Waals surface area contributed by atoms with Crippen LogP contribution in [0.15, 0.2) is 39.2 Å². The van der Waals surface area contributed by atoms with Gasteiger partial charge in [-0.25, -0.2) is 8.42 Å². The SMILES string of the molecule is O=C(O)C(NS(=O)(=O)c1cccs1)c1cccs1. The lowest BCUT2D eigenvalue weighted by atomic mass is 10.3. The fourth-order valence-corrected chi connectivity index (χ4v) is 4.34. The van der Waals surface area contributed by atoms with E-state index in [1.807, 2.05) is 0 Å². The van der Waals surface area contributed by atoms with Gasteiger partial charge in [0.1, 0.15) is 4.21 Å². The minimum Gasteiger partial charge on any atom is -0.480 e. The number of aliphatic carboxylic acids is 1. The van der Waals surface area contributed by atoms with Crippen LogP contribution in [0.3, 0.4) is 0 Å². The molecule has 2 rings (SSSR count). The van der Waals surface area contributed by atoms with Crippen molar-refractivity contribution in [3.63, 3.8) is 0 Å². The molecule has 0 radical (unpaired) electrons. The Labute approximate surface area is 112 Å². The van der Waals surface area contributed by atoms with Gasteiger partial charge in [-0.05, 0) is 22.9 Å². The van der Waals surface area contributed by atoms with Gasteiger partial charge in [0, 0.05) is 4.88 Å². The van der Waals surface area contributed by atoms with Gasteiger partial charge in [0.25, 0.3) is 10.0 Å². The molecule has 0 spiro atoms. The molecule has 0 aromatic carbocycles. The maximum atomic E-state index is 11.9. The van der Waals surface area contributed by atoms with Gasteiger partial charge in [0.05, 0.1) is 0 Å². The fourth-order valence-electron chi connectivity index (χ4n) is 1.32. The quantitative estimate of drug-likeness (QED) is 0.884. The molecule has 2 aromatic heterocycles. The molecular weight excluding hydrogens is 294 g/mol. The monoisotopic (exact) mass is 303 g/mol. The van der Waals surface area contributed by atoms with Crippen LogP contribution in [0.5, 0.6) is 0 Å². The van der Waals surface area contributed by atoms with Crippen LogP contribution >= 0.6 is 22.7 Å². The van der Waals surface area contributed by atoms with Crippen molar-refractivity contribution in [2.45, 2.75) is 10.3 Å². The number of carboxylic acid groups (broad SMARTS) is 1. The Morgan fingerprint density at radius 2 is 1.89 bits per heavy atom. The topological polar surface area (TPSA) is 83.5 Å². The van der Waals surface area contributed by atoms with Gasteiger partial charge in [0.15, 0.2) is 6.04 Å². The highest BCUT2D eigenvalue weighted by Gasteiger charge is 2.28. The van der Waals surface area contributed by atoms with Crippen LogP contribution in [0.25, 0.3) is 0 Å². The van der Waals surface area contributed by atoms with Gasteiger partial charge in [-0.15, -0.1) is 22.7 Å². The summed E-state index contributed by atoms with van der Waals surface area (Å²) in [4.78, 5) is 11.6. The predicted molar refractivity (Wildman–Crippen MR) is 69.3 cm³/mol. The smallest absolute Gasteiger partial charge is 0.327 e. The van der Waals surface area contributed by atoms with Crippen molar-refractivity contribution in [1.29, 1.82) is 0 Å². The predicted octanol–water partition coefficient (Wildman–Crippen LogP) is 1.91. The minimum atomic E-state index is -3.79. The Balaban J connectivity index is 2.29. The molecule has 0 aliphatic carbocycles. The molecule has 2 N–H and O–H groups in total. The lowest BCUT2D eigenvalue weighted by molar-refractivity contribution is -0.139. The molecular formula is C10H9NO4S3. The van der Waals surface area contributed by atoms with Crippen molar-refractivity contribution in [3.05, 3.63) is 39.9 Å². The molecule has 1 atom stereocenters. The highest BCUT2D eigenvalue weighted by Crippen LogP contribution is 2.23. The molecule has 0 saturated heterocycles. The second-order valence-corrected chi connectivity index (χ2v) is 7.21. The average Bonchev–Trinajstić information content (AvgIpc) is 2.98. The zero-order valence-electron chi connectivity index (χ0n) is 8.94. The Kier molecular flexibility index (Phi) is 3.81. The van der Waals surface area contributed by atoms with Crippen LogP contribution in [0, 0.1) is 0 Å². The van der Waals surface area contributed by atoms with Gasteiger partial charge in [-0.1, -0.05) is 12.1 Å². The van der Waals surface area contributed by atoms with Gasteiger partial charge in [0.2, 0.25) is 0 Å². The standard InChI is InChI=1S/C10H9NO4S3/c12-10(13)9(7-3-1-5-16-7)11-18(14,15)8-4-2-6-17-8/h1-6,9,11H,(H,12,13). The summed E-state index contributed by atoms with van der Waals surface area (Å²) in [5.41, 5.74) is 0. The van der Waals surface area contributed by atoms with Gasteiger partial charge in [-0.3, -0.25) is 4.79 Å². The molecule has 0 amide bonds. The Hall–Kier alpha value is -1.22. The van der Waals surface area contributed by atoms with E-state index in [4.69, 9.17) is 5.11 Å². The van der Waals surface area contributed by atoms with E-state index in [2.05, 4.69) is 4.72 Å². The highest BCUT2D eigenvalue weighted by atomic mass is 32.2. The third-order valence-electron chi connectivity index (χ3n) is 2.11. The summed E-state index contributed by atoms with van der Waals surface area (Å²) >= 11 is 2.23. The summed E-state index contributed by atoms with van der Waals surface area (Å²) in [6, 6.07) is 5.04. The maximum Gasteiger partial charge on any atom is 0.327 e. The van der Waals surface area contributed by atoms with E-state index in [1.165, 1.54) is 17.4 Å². The first kappa shape index (κ1) is 13.2. The minimum absolute atomic E-state index is 0.102. The fraction of sp³-hybridized carbons (Fsp3) is 0.100. The van der Waals surface area contributed by atoms with E-state index < -0.39 is 22.0 Å². The van der Waals surface area contributed by atoms with Crippen molar-refractivity contribution < 1.29 is 18.3 Å². The van der Waals surface area contributed by atoms with Crippen LogP contribution in [-0.4, -0.2) is 19.5 Å². The number of hydrogen-bond donors (Lipinski definition) is 2. The summed E-state index contributed by atoms with van der Waals surface area (Å²) in [6.07, 6.45) is 0. The Morgan fingerprint density at radius 1 is 1.22 bits per heavy atom. The Morgan fingerprint density at radius 3 is 2.39 bits per heavy atom. The van der Waals surface area contributed by atoms with E-state index >= 15 is 0 Å². The first-order valence-corrected chi connectivity index (χ1v) is 8.07. The summed E-state index contributed by atoms with van der Waals surface area (Å²) in [7, 11) is -3.79. The molecule has 96 valence electrons. The molecule has 1 unspecified atom stereocenters. The number of nitrogens with one attached hydrogen (secondary N) is 1. The van der Waals surface area contributed by atoms with E-state index in [9.17, 15) is 13.2 Å². The number of carboxylic acids is 1. The summed E-state index contributed by atoms with van der Waals surface area (Å²) in [6.45, 7) is 0. The molecule has 8 heteroatoms. The molecule has 0 bridgehead atoms. The molecule has 0 saturated carbocycles. The van der Waals surface area contributed by atoms with E-state index in [0.29, 0.717) is 4.88 Å². The zero-order valence-corrected chi connectivity index (χ0v) is 11.4. The van der Waals surface area contributed by atoms with Crippen molar-refractivity contribution in [2.75, 3.05) is 0 Å². The number of carbonyl (C=O) groups is 1. The number of thiophene rings is 2. The largest absolute Gasteiger partial charge is 0.480 e. The second-order valence-electron chi connectivity index (χ2n) is 3.34. The first-order chi connectivity index (χ1) is 8.50. The Bertz CT molecular complexity index is 616. The zero-order chi connectivity index (χ0) is 13.2. The normalized spacial score (nSPS) is 13.3. The van der Waals surface area contributed by atoms with Gasteiger partial charge < -0.3 is 5.11 Å². The molecule has 2 aromatic rings. The van der Waals surface area contributed by atoms with E-state index in [1.54, 1.807) is 29.0 Å². The molecule has 2 heterocycles. The van der Waals surface area contributed by atoms with Gasteiger partial charge >= 0.3 is 5.97 Å². The lowest BCUT2D eigenvalue weighted by Crippen LogP contribution is -2.32. The third kappa shape index (κ3) is 2.78. The molecule has 0 aliphatic rings. The average molecular weight is 303 g/mol. The number of sulfonamides is 1. The van der Waals surface area contributed by atoms with Crippen molar-refractivity contribution >= 4 is 38.7 Å².